The number of carbonyl (C=O) groups is 1. The first-order valence-corrected chi connectivity index (χ1v) is 8.07. The number of hydrogen-bond donors (Lipinski definition) is 2. The molecule has 2 N–H and O–H groups in total. The monoisotopic (exact) mass is 307 g/mol. The van der Waals surface area contributed by atoms with Gasteiger partial charge in [0.25, 0.3) is 0 Å². The highest BCUT2D eigenvalue weighted by molar-refractivity contribution is 5.78. The number of nitrogens with zero attached hydrogens (tertiary/aromatic N) is 1. The predicted octanol–water partition coefficient (Wildman–Crippen LogP) is 3.96. The first kappa shape index (κ1) is 15.3. The summed E-state index contributed by atoms with van der Waals surface area (Å²) in [5.41, 5.74) is 2.91. The Hall–Kier alpha value is -2.62. The molecule has 1 amide bonds. The lowest BCUT2D eigenvalue weighted by Crippen LogP contribution is -2.29. The van der Waals surface area contributed by atoms with E-state index in [9.17, 15) is 4.79 Å². The summed E-state index contributed by atoms with van der Waals surface area (Å²) in [7, 11) is 0. The van der Waals surface area contributed by atoms with Gasteiger partial charge in [-0.25, -0.2) is 4.98 Å². The van der Waals surface area contributed by atoms with Gasteiger partial charge >= 0.3 is 0 Å². The molecule has 118 valence electrons. The number of hydrogen-bond acceptors (Lipinski definition) is 2. The van der Waals surface area contributed by atoms with Gasteiger partial charge in [0.1, 0.15) is 11.9 Å². The second-order valence-corrected chi connectivity index (χ2v) is 5.65. The Balaban J connectivity index is 1.92. The fraction of sp³-hybridized carbons (Fsp3) is 0.263. The zero-order chi connectivity index (χ0) is 16.1. The fourth-order valence-corrected chi connectivity index (χ4v) is 2.63. The predicted molar refractivity (Wildman–Crippen MR) is 92.0 cm³/mol. The maximum absolute atomic E-state index is 12.2. The fourth-order valence-electron chi connectivity index (χ4n) is 2.63. The van der Waals surface area contributed by atoms with E-state index in [1.54, 1.807) is 0 Å². The van der Waals surface area contributed by atoms with Crippen LogP contribution in [0.25, 0.3) is 11.0 Å². The van der Waals surface area contributed by atoms with Crippen LogP contribution in [0, 0.1) is 0 Å². The minimum Gasteiger partial charge on any atom is -0.342 e. The van der Waals surface area contributed by atoms with Crippen LogP contribution in [0.4, 0.5) is 0 Å². The van der Waals surface area contributed by atoms with Crippen LogP contribution in [0.3, 0.4) is 0 Å². The Morgan fingerprint density at radius 1 is 1.13 bits per heavy atom. The molecule has 1 heterocycles. The summed E-state index contributed by atoms with van der Waals surface area (Å²) in [4.78, 5) is 20.2. The molecule has 4 nitrogen and oxygen atoms in total. The van der Waals surface area contributed by atoms with E-state index < -0.39 is 0 Å². The van der Waals surface area contributed by atoms with Crippen LogP contribution in [-0.4, -0.2) is 15.9 Å². The number of aromatic amines is 1. The Morgan fingerprint density at radius 2 is 1.87 bits per heavy atom. The second-order valence-electron chi connectivity index (χ2n) is 5.65. The maximum atomic E-state index is 12.2. The van der Waals surface area contributed by atoms with Crippen LogP contribution in [0.1, 0.15) is 43.6 Å². The molecule has 0 aliphatic heterocycles. The number of benzene rings is 2. The lowest BCUT2D eigenvalue weighted by molar-refractivity contribution is -0.121. The summed E-state index contributed by atoms with van der Waals surface area (Å²) in [6.45, 7) is 2.08. The summed E-state index contributed by atoms with van der Waals surface area (Å²) in [6.07, 6.45) is 2.45. The van der Waals surface area contributed by atoms with E-state index in [1.165, 1.54) is 0 Å². The smallest absolute Gasteiger partial charge is 0.220 e. The summed E-state index contributed by atoms with van der Waals surface area (Å²) in [6, 6.07) is 17.6. The van der Waals surface area contributed by atoms with Gasteiger partial charge in [-0.1, -0.05) is 55.8 Å². The molecule has 2 aromatic carbocycles. The Morgan fingerprint density at radius 3 is 2.61 bits per heavy atom. The number of amides is 1. The number of aromatic nitrogens is 2. The van der Waals surface area contributed by atoms with Crippen molar-refractivity contribution >= 4 is 16.9 Å². The van der Waals surface area contributed by atoms with Crippen LogP contribution >= 0.6 is 0 Å². The Kier molecular flexibility index (Phi) is 4.71. The molecule has 0 saturated heterocycles. The van der Waals surface area contributed by atoms with Crippen LogP contribution < -0.4 is 5.32 Å². The molecule has 4 heteroatoms. The second kappa shape index (κ2) is 7.09. The molecule has 0 saturated carbocycles. The van der Waals surface area contributed by atoms with Crippen molar-refractivity contribution in [1.29, 1.82) is 0 Å². The van der Waals surface area contributed by atoms with E-state index in [-0.39, 0.29) is 11.9 Å². The van der Waals surface area contributed by atoms with Gasteiger partial charge in [-0.2, -0.15) is 0 Å². The van der Waals surface area contributed by atoms with Crippen LogP contribution in [0.2, 0.25) is 0 Å². The van der Waals surface area contributed by atoms with Gasteiger partial charge in [0, 0.05) is 6.42 Å². The normalized spacial score (nSPS) is 12.2. The van der Waals surface area contributed by atoms with Crippen molar-refractivity contribution < 1.29 is 4.79 Å². The van der Waals surface area contributed by atoms with Gasteiger partial charge in [-0.05, 0) is 24.1 Å². The molecule has 3 aromatic rings. The zero-order valence-electron chi connectivity index (χ0n) is 13.3. The van der Waals surface area contributed by atoms with Gasteiger partial charge in [-0.15, -0.1) is 0 Å². The van der Waals surface area contributed by atoms with Crippen molar-refractivity contribution in [2.45, 2.75) is 32.2 Å². The average Bonchev–Trinajstić information content (AvgIpc) is 3.02. The molecule has 1 unspecified atom stereocenters. The van der Waals surface area contributed by atoms with Gasteiger partial charge in [0.05, 0.1) is 11.0 Å². The van der Waals surface area contributed by atoms with E-state index in [0.717, 1.165) is 35.3 Å². The molecule has 0 radical (unpaired) electrons. The molecule has 0 aliphatic rings. The first-order valence-electron chi connectivity index (χ1n) is 8.07. The lowest BCUT2D eigenvalue weighted by atomic mass is 10.1. The topological polar surface area (TPSA) is 57.8 Å². The molecule has 0 spiro atoms. The highest BCUT2D eigenvalue weighted by Gasteiger charge is 2.20. The van der Waals surface area contributed by atoms with Crippen molar-refractivity contribution in [1.82, 2.24) is 15.3 Å². The number of fused-ring (bicyclic) bond motifs is 1. The summed E-state index contributed by atoms with van der Waals surface area (Å²) < 4.78 is 0. The van der Waals surface area contributed by atoms with Crippen LogP contribution in [-0.2, 0) is 4.79 Å². The van der Waals surface area contributed by atoms with Crippen molar-refractivity contribution in [2.24, 2.45) is 0 Å². The van der Waals surface area contributed by atoms with Crippen LogP contribution in [0.15, 0.2) is 54.6 Å². The number of carbonyl (C=O) groups excluding carboxylic acids is 1. The molecular formula is C19H21N3O. The van der Waals surface area contributed by atoms with Gasteiger partial charge < -0.3 is 10.3 Å². The molecule has 1 atom stereocenters. The Bertz CT molecular complexity index is 746. The summed E-state index contributed by atoms with van der Waals surface area (Å²) >= 11 is 0. The highest BCUT2D eigenvalue weighted by atomic mass is 16.1. The number of nitrogens with one attached hydrogen (secondary N) is 2. The third kappa shape index (κ3) is 3.59. The zero-order valence-corrected chi connectivity index (χ0v) is 13.3. The largest absolute Gasteiger partial charge is 0.342 e. The SMILES string of the molecule is CCCCC(=O)NC(c1ccccc1)c1nc2ccccc2[nH]1. The highest BCUT2D eigenvalue weighted by Crippen LogP contribution is 2.22. The minimum atomic E-state index is -0.257. The van der Waals surface area contributed by atoms with E-state index in [1.807, 2.05) is 54.6 Å². The van der Waals surface area contributed by atoms with E-state index >= 15 is 0 Å². The number of rotatable bonds is 6. The summed E-state index contributed by atoms with van der Waals surface area (Å²) in [5.74, 6) is 0.823. The third-order valence-electron chi connectivity index (χ3n) is 3.88. The first-order chi connectivity index (χ1) is 11.3. The van der Waals surface area contributed by atoms with Gasteiger partial charge in [0.15, 0.2) is 0 Å². The standard InChI is InChI=1S/C19H21N3O/c1-2-3-13-17(23)22-18(14-9-5-4-6-10-14)19-20-15-11-7-8-12-16(15)21-19/h4-12,18H,2-3,13H2,1H3,(H,20,21)(H,22,23). The summed E-state index contributed by atoms with van der Waals surface area (Å²) in [5, 5.41) is 3.11. The van der Waals surface area contributed by atoms with Crippen molar-refractivity contribution in [2.75, 3.05) is 0 Å². The van der Waals surface area contributed by atoms with Crippen LogP contribution in [0.5, 0.6) is 0 Å². The van der Waals surface area contributed by atoms with E-state index in [4.69, 9.17) is 0 Å². The molecule has 23 heavy (non-hydrogen) atoms. The molecule has 0 bridgehead atoms. The quantitative estimate of drug-likeness (QED) is 0.724. The number of para-hydroxylation sites is 2. The molecule has 1 aromatic heterocycles. The molecule has 0 aliphatic carbocycles. The Labute approximate surface area is 136 Å². The number of imidazole rings is 1. The van der Waals surface area contributed by atoms with Gasteiger partial charge in [-0.3, -0.25) is 4.79 Å². The molecule has 3 rings (SSSR count). The molecular weight excluding hydrogens is 286 g/mol. The van der Waals surface area contributed by atoms with Crippen molar-refractivity contribution in [3.05, 3.63) is 66.0 Å². The third-order valence-corrected chi connectivity index (χ3v) is 3.88. The van der Waals surface area contributed by atoms with E-state index in [2.05, 4.69) is 22.2 Å². The van der Waals surface area contributed by atoms with Crippen molar-refractivity contribution in [3.63, 3.8) is 0 Å². The number of unbranched alkanes of at least 4 members (excludes halogenated alkanes) is 1. The average molecular weight is 307 g/mol. The molecule has 0 fully saturated rings. The minimum absolute atomic E-state index is 0.0566. The lowest BCUT2D eigenvalue weighted by Gasteiger charge is -2.17. The van der Waals surface area contributed by atoms with Gasteiger partial charge in [0.2, 0.25) is 5.91 Å². The number of H-pyrrole nitrogens is 1. The maximum Gasteiger partial charge on any atom is 0.220 e. The van der Waals surface area contributed by atoms with E-state index in [0.29, 0.717) is 6.42 Å². The van der Waals surface area contributed by atoms with Crippen molar-refractivity contribution in [3.8, 4) is 0 Å².